The average Bonchev–Trinajstić information content (AvgIpc) is 2.83. The molecule has 31 heavy (non-hydrogen) atoms. The fourth-order valence-corrected chi connectivity index (χ4v) is 3.72. The highest BCUT2D eigenvalue weighted by atomic mass is 16.6. The number of nitrogens with zero attached hydrogens (tertiary/aromatic N) is 3. The van der Waals surface area contributed by atoms with Crippen molar-refractivity contribution in [3.8, 4) is 5.75 Å². The third-order valence-corrected chi connectivity index (χ3v) is 5.41. The summed E-state index contributed by atoms with van der Waals surface area (Å²) in [6.07, 6.45) is 3.02. The van der Waals surface area contributed by atoms with Crippen molar-refractivity contribution in [1.82, 2.24) is 9.97 Å². The van der Waals surface area contributed by atoms with Crippen molar-refractivity contribution in [2.75, 3.05) is 37.0 Å². The number of hydrogen-bond donors (Lipinski definition) is 1. The summed E-state index contributed by atoms with van der Waals surface area (Å²) in [6, 6.07) is 15.0. The Morgan fingerprint density at radius 3 is 2.61 bits per heavy atom. The third-order valence-electron chi connectivity index (χ3n) is 5.41. The number of benzene rings is 2. The molecule has 1 amide bonds. The molecule has 0 saturated carbocycles. The van der Waals surface area contributed by atoms with E-state index in [2.05, 4.69) is 24.9 Å². The Morgan fingerprint density at radius 1 is 1.06 bits per heavy atom. The minimum absolute atomic E-state index is 0.0543. The van der Waals surface area contributed by atoms with Gasteiger partial charge in [0.15, 0.2) is 6.61 Å². The van der Waals surface area contributed by atoms with Crippen molar-refractivity contribution in [3.05, 3.63) is 54.9 Å². The van der Waals surface area contributed by atoms with E-state index in [0.29, 0.717) is 11.4 Å². The van der Waals surface area contributed by atoms with Crippen LogP contribution in [0.2, 0.25) is 0 Å². The molecule has 2 heterocycles. The number of anilines is 2. The van der Waals surface area contributed by atoms with E-state index in [9.17, 15) is 9.59 Å². The van der Waals surface area contributed by atoms with Gasteiger partial charge in [0.1, 0.15) is 17.9 Å². The minimum Gasteiger partial charge on any atom is -0.480 e. The molecule has 0 atom stereocenters. The molecule has 1 aromatic heterocycles. The zero-order valence-electron chi connectivity index (χ0n) is 17.3. The highest BCUT2D eigenvalue weighted by Gasteiger charge is 2.27. The second kappa shape index (κ2) is 9.42. The number of amides is 1. The van der Waals surface area contributed by atoms with Gasteiger partial charge in [-0.15, -0.1) is 0 Å². The first-order valence-electron chi connectivity index (χ1n) is 10.2. The Balaban J connectivity index is 1.38. The van der Waals surface area contributed by atoms with Crippen LogP contribution in [0.25, 0.3) is 10.9 Å². The molecule has 0 radical (unpaired) electrons. The quantitative estimate of drug-likeness (QED) is 0.613. The molecule has 8 heteroatoms. The van der Waals surface area contributed by atoms with Crippen LogP contribution < -0.4 is 15.0 Å². The summed E-state index contributed by atoms with van der Waals surface area (Å²) in [7, 11) is 1.30. The molecule has 1 saturated heterocycles. The van der Waals surface area contributed by atoms with Crippen LogP contribution >= 0.6 is 0 Å². The molecular weight excluding hydrogens is 396 g/mol. The van der Waals surface area contributed by atoms with Crippen molar-refractivity contribution in [2.45, 2.75) is 12.8 Å². The maximum atomic E-state index is 12.9. The molecule has 0 unspecified atom stereocenters. The van der Waals surface area contributed by atoms with Crippen molar-refractivity contribution < 1.29 is 19.1 Å². The number of hydrogen-bond acceptors (Lipinski definition) is 7. The standard InChI is InChI=1S/C23H24N4O4/c1-30-21(28)14-31-20-9-5-4-8-19(20)26-23(29)16-10-12-27(13-11-16)22-17-6-2-3-7-18(17)24-15-25-22/h2-9,15-16H,10-14H2,1H3,(H,26,29). The largest absolute Gasteiger partial charge is 0.480 e. The second-order valence-electron chi connectivity index (χ2n) is 7.33. The Morgan fingerprint density at radius 2 is 1.81 bits per heavy atom. The lowest BCUT2D eigenvalue weighted by atomic mass is 9.95. The van der Waals surface area contributed by atoms with E-state index in [0.717, 1.165) is 42.7 Å². The number of methoxy groups -OCH3 is 1. The number of piperidine rings is 1. The number of para-hydroxylation sites is 3. The maximum Gasteiger partial charge on any atom is 0.343 e. The minimum atomic E-state index is -0.481. The van der Waals surface area contributed by atoms with Gasteiger partial charge in [0.25, 0.3) is 0 Å². The lowest BCUT2D eigenvalue weighted by Gasteiger charge is -2.32. The Labute approximate surface area is 180 Å². The number of nitrogens with one attached hydrogen (secondary N) is 1. The van der Waals surface area contributed by atoms with Gasteiger partial charge in [-0.2, -0.15) is 0 Å². The fraction of sp³-hybridized carbons (Fsp3) is 0.304. The van der Waals surface area contributed by atoms with E-state index in [-0.39, 0.29) is 18.4 Å². The van der Waals surface area contributed by atoms with Crippen LogP contribution in [0.5, 0.6) is 5.75 Å². The molecule has 1 N–H and O–H groups in total. The van der Waals surface area contributed by atoms with Crippen LogP contribution in [0.4, 0.5) is 11.5 Å². The molecule has 1 fully saturated rings. The lowest BCUT2D eigenvalue weighted by Crippen LogP contribution is -2.38. The maximum absolute atomic E-state index is 12.9. The Bertz CT molecular complexity index is 1070. The van der Waals surface area contributed by atoms with E-state index in [1.807, 2.05) is 30.3 Å². The number of aromatic nitrogens is 2. The molecule has 0 bridgehead atoms. The summed E-state index contributed by atoms with van der Waals surface area (Å²) in [4.78, 5) is 35.2. The van der Waals surface area contributed by atoms with Gasteiger partial charge < -0.3 is 19.7 Å². The van der Waals surface area contributed by atoms with Gasteiger partial charge in [-0.05, 0) is 37.1 Å². The number of ether oxygens (including phenoxy) is 2. The molecule has 0 aliphatic carbocycles. The van der Waals surface area contributed by atoms with Gasteiger partial charge in [0.05, 0.1) is 18.3 Å². The van der Waals surface area contributed by atoms with Gasteiger partial charge in [0, 0.05) is 24.4 Å². The zero-order valence-corrected chi connectivity index (χ0v) is 17.3. The van der Waals surface area contributed by atoms with Crippen LogP contribution in [-0.2, 0) is 14.3 Å². The molecule has 1 aliphatic rings. The number of carbonyl (C=O) groups is 2. The van der Waals surface area contributed by atoms with Gasteiger partial charge in [-0.3, -0.25) is 4.79 Å². The number of carbonyl (C=O) groups excluding carboxylic acids is 2. The summed E-state index contributed by atoms with van der Waals surface area (Å²) < 4.78 is 10.1. The van der Waals surface area contributed by atoms with Crippen LogP contribution in [0.15, 0.2) is 54.9 Å². The highest BCUT2D eigenvalue weighted by Crippen LogP contribution is 2.29. The van der Waals surface area contributed by atoms with Crippen LogP contribution in [0.1, 0.15) is 12.8 Å². The predicted octanol–water partition coefficient (Wildman–Crippen LogP) is 3.04. The summed E-state index contributed by atoms with van der Waals surface area (Å²) >= 11 is 0. The third kappa shape index (κ3) is 4.74. The molecule has 1 aliphatic heterocycles. The highest BCUT2D eigenvalue weighted by molar-refractivity contribution is 5.94. The normalized spacial score (nSPS) is 14.3. The van der Waals surface area contributed by atoms with E-state index >= 15 is 0 Å². The monoisotopic (exact) mass is 420 g/mol. The topological polar surface area (TPSA) is 93.6 Å². The molecule has 3 aromatic rings. The van der Waals surface area contributed by atoms with Crippen molar-refractivity contribution >= 4 is 34.3 Å². The molecular formula is C23H24N4O4. The summed E-state index contributed by atoms with van der Waals surface area (Å²) in [5, 5.41) is 3.96. The number of rotatable bonds is 6. The second-order valence-corrected chi connectivity index (χ2v) is 7.33. The molecule has 160 valence electrons. The van der Waals surface area contributed by atoms with E-state index < -0.39 is 5.97 Å². The zero-order chi connectivity index (χ0) is 21.6. The summed E-state index contributed by atoms with van der Waals surface area (Å²) in [6.45, 7) is 1.26. The van der Waals surface area contributed by atoms with Gasteiger partial charge in [-0.25, -0.2) is 14.8 Å². The smallest absolute Gasteiger partial charge is 0.343 e. The van der Waals surface area contributed by atoms with Crippen molar-refractivity contribution in [2.24, 2.45) is 5.92 Å². The van der Waals surface area contributed by atoms with Gasteiger partial charge in [0.2, 0.25) is 5.91 Å². The molecule has 8 nitrogen and oxygen atoms in total. The number of fused-ring (bicyclic) bond motifs is 1. The lowest BCUT2D eigenvalue weighted by molar-refractivity contribution is -0.142. The van der Waals surface area contributed by atoms with Gasteiger partial charge >= 0.3 is 5.97 Å². The van der Waals surface area contributed by atoms with Crippen LogP contribution in [0, 0.1) is 5.92 Å². The summed E-state index contributed by atoms with van der Waals surface area (Å²) in [5.41, 5.74) is 1.46. The SMILES string of the molecule is COC(=O)COc1ccccc1NC(=O)C1CCN(c2ncnc3ccccc23)CC1. The van der Waals surface area contributed by atoms with Crippen LogP contribution in [0.3, 0.4) is 0 Å². The average molecular weight is 420 g/mol. The Kier molecular flexibility index (Phi) is 6.26. The fourth-order valence-electron chi connectivity index (χ4n) is 3.72. The van der Waals surface area contributed by atoms with Crippen molar-refractivity contribution in [3.63, 3.8) is 0 Å². The van der Waals surface area contributed by atoms with Crippen molar-refractivity contribution in [1.29, 1.82) is 0 Å². The number of esters is 1. The molecule has 0 spiro atoms. The first kappa shape index (κ1) is 20.6. The van der Waals surface area contributed by atoms with Crippen LogP contribution in [-0.4, -0.2) is 48.7 Å². The first-order valence-corrected chi connectivity index (χ1v) is 10.2. The van der Waals surface area contributed by atoms with E-state index in [1.165, 1.54) is 7.11 Å². The van der Waals surface area contributed by atoms with Gasteiger partial charge in [-0.1, -0.05) is 24.3 Å². The van der Waals surface area contributed by atoms with E-state index in [1.54, 1.807) is 24.5 Å². The molecule has 2 aromatic carbocycles. The first-order chi connectivity index (χ1) is 15.2. The summed E-state index contributed by atoms with van der Waals surface area (Å²) in [5.74, 6) is 0.697. The predicted molar refractivity (Wildman–Crippen MR) is 117 cm³/mol. The molecule has 4 rings (SSSR count). The van der Waals surface area contributed by atoms with E-state index in [4.69, 9.17) is 4.74 Å². The Hall–Kier alpha value is -3.68.